The highest BCUT2D eigenvalue weighted by Crippen LogP contribution is 2.59. The highest BCUT2D eigenvalue weighted by atomic mass is 16.7. The Kier molecular flexibility index (Phi) is 9.03. The Labute approximate surface area is 201 Å². The fraction of sp³-hybridized carbons (Fsp3) is 0.690. The largest absolute Gasteiger partial charge is 0.472 e. The molecule has 5 atom stereocenters. The summed E-state index contributed by atoms with van der Waals surface area (Å²) in [7, 11) is 0. The Morgan fingerprint density at radius 1 is 1.12 bits per heavy atom. The van der Waals surface area contributed by atoms with Crippen LogP contribution in [0.25, 0.3) is 0 Å². The molecule has 4 heteroatoms. The van der Waals surface area contributed by atoms with Gasteiger partial charge in [0.25, 0.3) is 0 Å². The lowest BCUT2D eigenvalue weighted by Crippen LogP contribution is -2.49. The number of fused-ring (bicyclic) bond motifs is 3. The molecule has 0 aromatic heterocycles. The SMILES string of the molecule is C=C1CCC2C3=CO[C@@H](C4CCCC4)O[C@@H]3CC[C@@]2(C)[C@@H]1C/C=C1\C=COC1=O.CC.CC. The second kappa shape index (κ2) is 11.6. The van der Waals surface area contributed by atoms with E-state index in [-0.39, 0.29) is 23.8 Å². The van der Waals surface area contributed by atoms with Crippen molar-refractivity contribution in [2.75, 3.05) is 0 Å². The smallest absolute Gasteiger partial charge is 0.342 e. The third-order valence-electron chi connectivity index (χ3n) is 8.21. The summed E-state index contributed by atoms with van der Waals surface area (Å²) in [5.41, 5.74) is 3.48. The quantitative estimate of drug-likeness (QED) is 0.249. The first-order valence-corrected chi connectivity index (χ1v) is 13.3. The molecule has 1 unspecified atom stereocenters. The first kappa shape index (κ1) is 25.8. The van der Waals surface area contributed by atoms with Crippen LogP contribution in [-0.4, -0.2) is 18.4 Å². The Hall–Kier alpha value is -1.81. The molecule has 2 aliphatic heterocycles. The van der Waals surface area contributed by atoms with Gasteiger partial charge in [0.05, 0.1) is 24.2 Å². The molecule has 0 aromatic carbocycles. The van der Waals surface area contributed by atoms with E-state index in [4.69, 9.17) is 14.2 Å². The molecule has 33 heavy (non-hydrogen) atoms. The van der Waals surface area contributed by atoms with Crippen molar-refractivity contribution >= 4 is 5.97 Å². The minimum absolute atomic E-state index is 0.0464. The molecule has 0 amide bonds. The van der Waals surface area contributed by atoms with E-state index in [1.807, 2.05) is 33.8 Å². The van der Waals surface area contributed by atoms with Gasteiger partial charge in [0.2, 0.25) is 6.29 Å². The van der Waals surface area contributed by atoms with Crippen LogP contribution in [0.2, 0.25) is 0 Å². The standard InChI is InChI=1S/C25H32O4.2C2H6/c1-16-7-9-21-19-15-28-24(18-5-3-4-6-18)29-22(19)11-13-25(21,2)20(16)10-8-17-12-14-27-23(17)26;2*1-2/h8,12,14-15,18,20-22,24H,1,3-7,9-11,13H2,2H3;2*1-2H3/b17-8+;;/t20-,21?,22-,24-,25+;;/m1../s1. The summed E-state index contributed by atoms with van der Waals surface area (Å²) >= 11 is 0. The summed E-state index contributed by atoms with van der Waals surface area (Å²) in [6.07, 6.45) is 17.8. The molecule has 2 heterocycles. The van der Waals surface area contributed by atoms with Crippen molar-refractivity contribution in [1.82, 2.24) is 0 Å². The van der Waals surface area contributed by atoms with Crippen LogP contribution in [0.5, 0.6) is 0 Å². The van der Waals surface area contributed by atoms with Crippen molar-refractivity contribution in [3.63, 3.8) is 0 Å². The lowest BCUT2D eigenvalue weighted by Gasteiger charge is -2.55. The van der Waals surface area contributed by atoms with Crippen LogP contribution in [0.1, 0.15) is 92.4 Å². The maximum Gasteiger partial charge on any atom is 0.342 e. The summed E-state index contributed by atoms with van der Waals surface area (Å²) in [5, 5.41) is 0. The van der Waals surface area contributed by atoms with Crippen molar-refractivity contribution in [2.24, 2.45) is 23.2 Å². The molecular weight excluding hydrogens is 412 g/mol. The molecule has 3 aliphatic carbocycles. The van der Waals surface area contributed by atoms with Crippen LogP contribution in [0.15, 0.2) is 48.0 Å². The van der Waals surface area contributed by atoms with E-state index in [9.17, 15) is 4.79 Å². The van der Waals surface area contributed by atoms with Crippen LogP contribution in [-0.2, 0) is 19.0 Å². The number of cyclic esters (lactones) is 1. The number of ether oxygens (including phenoxy) is 3. The number of rotatable bonds is 3. The summed E-state index contributed by atoms with van der Waals surface area (Å²) in [6, 6.07) is 0. The van der Waals surface area contributed by atoms with E-state index >= 15 is 0 Å². The summed E-state index contributed by atoms with van der Waals surface area (Å²) < 4.78 is 17.6. The Morgan fingerprint density at radius 3 is 2.52 bits per heavy atom. The van der Waals surface area contributed by atoms with Crippen LogP contribution < -0.4 is 0 Å². The Bertz CT molecular complexity index is 785. The number of allylic oxidation sites excluding steroid dienone is 2. The van der Waals surface area contributed by atoms with Gasteiger partial charge >= 0.3 is 5.97 Å². The minimum Gasteiger partial charge on any atom is -0.472 e. The van der Waals surface area contributed by atoms with Gasteiger partial charge in [-0.2, -0.15) is 0 Å². The van der Waals surface area contributed by atoms with Gasteiger partial charge in [-0.3, -0.25) is 0 Å². The fourth-order valence-electron chi connectivity index (χ4n) is 6.51. The van der Waals surface area contributed by atoms with Gasteiger partial charge in [-0.15, -0.1) is 0 Å². The second-order valence-corrected chi connectivity index (χ2v) is 9.74. The molecule has 0 aromatic rings. The minimum atomic E-state index is -0.244. The molecule has 3 saturated carbocycles. The van der Waals surface area contributed by atoms with E-state index in [1.54, 1.807) is 6.08 Å². The first-order chi connectivity index (χ1) is 16.1. The van der Waals surface area contributed by atoms with Crippen molar-refractivity contribution in [3.05, 3.63) is 48.0 Å². The lowest BCUT2D eigenvalue weighted by molar-refractivity contribution is -0.192. The monoisotopic (exact) mass is 456 g/mol. The highest BCUT2D eigenvalue weighted by molar-refractivity contribution is 5.94. The molecule has 0 bridgehead atoms. The number of carbonyl (C=O) groups excluding carboxylic acids is 1. The maximum atomic E-state index is 11.8. The highest BCUT2D eigenvalue weighted by Gasteiger charge is 2.52. The zero-order valence-electron chi connectivity index (χ0n) is 21.4. The van der Waals surface area contributed by atoms with Crippen molar-refractivity contribution in [3.8, 4) is 0 Å². The maximum absolute atomic E-state index is 11.8. The van der Waals surface area contributed by atoms with Crippen LogP contribution in [0.3, 0.4) is 0 Å². The molecule has 184 valence electrons. The molecule has 3 fully saturated rings. The van der Waals surface area contributed by atoms with Crippen LogP contribution in [0.4, 0.5) is 0 Å². The number of esters is 1. The molecule has 5 rings (SSSR count). The van der Waals surface area contributed by atoms with Crippen molar-refractivity contribution in [2.45, 2.75) is 105 Å². The molecule has 0 spiro atoms. The topological polar surface area (TPSA) is 44.8 Å². The molecule has 0 N–H and O–H groups in total. The van der Waals surface area contributed by atoms with Crippen LogP contribution in [0, 0.1) is 23.2 Å². The predicted molar refractivity (Wildman–Crippen MR) is 133 cm³/mol. The van der Waals surface area contributed by atoms with Gasteiger partial charge in [-0.05, 0) is 73.8 Å². The van der Waals surface area contributed by atoms with Crippen molar-refractivity contribution < 1.29 is 19.0 Å². The van der Waals surface area contributed by atoms with Crippen molar-refractivity contribution in [1.29, 1.82) is 0 Å². The molecule has 5 aliphatic rings. The lowest BCUT2D eigenvalue weighted by atomic mass is 9.52. The zero-order valence-corrected chi connectivity index (χ0v) is 21.4. The summed E-state index contributed by atoms with van der Waals surface area (Å²) in [4.78, 5) is 11.8. The Balaban J connectivity index is 0.000000728. The van der Waals surface area contributed by atoms with Gasteiger partial charge in [0.1, 0.15) is 0 Å². The predicted octanol–water partition coefficient (Wildman–Crippen LogP) is 7.62. The van der Waals surface area contributed by atoms with Gasteiger partial charge in [0.15, 0.2) is 0 Å². The van der Waals surface area contributed by atoms with Gasteiger partial charge < -0.3 is 14.2 Å². The third-order valence-corrected chi connectivity index (χ3v) is 8.21. The fourth-order valence-corrected chi connectivity index (χ4v) is 6.51. The van der Waals surface area contributed by atoms with E-state index in [1.165, 1.54) is 43.1 Å². The average Bonchev–Trinajstić information content (AvgIpc) is 3.53. The van der Waals surface area contributed by atoms with E-state index in [0.29, 0.717) is 23.3 Å². The van der Waals surface area contributed by atoms with Crippen LogP contribution >= 0.6 is 0 Å². The third kappa shape index (κ3) is 5.16. The van der Waals surface area contributed by atoms with E-state index in [0.717, 1.165) is 32.1 Å². The molecular formula is C29H44O4. The summed E-state index contributed by atoms with van der Waals surface area (Å²) in [6.45, 7) is 14.8. The van der Waals surface area contributed by atoms with Gasteiger partial charge in [-0.25, -0.2) is 4.79 Å². The second-order valence-electron chi connectivity index (χ2n) is 9.74. The van der Waals surface area contributed by atoms with E-state index in [2.05, 4.69) is 19.8 Å². The van der Waals surface area contributed by atoms with Gasteiger partial charge in [0, 0.05) is 5.92 Å². The molecule has 0 saturated heterocycles. The van der Waals surface area contributed by atoms with E-state index < -0.39 is 0 Å². The first-order valence-electron chi connectivity index (χ1n) is 13.3. The molecule has 0 radical (unpaired) electrons. The number of hydrogen-bond acceptors (Lipinski definition) is 4. The summed E-state index contributed by atoms with van der Waals surface area (Å²) in [5.74, 6) is 1.15. The average molecular weight is 457 g/mol. The number of carbonyl (C=O) groups is 1. The normalized spacial score (nSPS) is 36.4. The van der Waals surface area contributed by atoms with Gasteiger partial charge in [-0.1, -0.05) is 65.7 Å². The molecule has 4 nitrogen and oxygen atoms in total. The Morgan fingerprint density at radius 2 is 1.85 bits per heavy atom. The number of hydrogen-bond donors (Lipinski definition) is 0. The zero-order chi connectivity index (χ0) is 24.0.